The van der Waals surface area contributed by atoms with Gasteiger partial charge in [-0.1, -0.05) is 0 Å². The number of aromatic nitrogens is 5. The van der Waals surface area contributed by atoms with Crippen molar-refractivity contribution in [3.63, 3.8) is 0 Å². The number of H-pyrrole nitrogens is 1. The molecule has 0 saturated heterocycles. The van der Waals surface area contributed by atoms with Gasteiger partial charge in [0, 0.05) is 13.0 Å². The van der Waals surface area contributed by atoms with Crippen LogP contribution in [0.4, 0.5) is 11.5 Å². The van der Waals surface area contributed by atoms with Crippen molar-refractivity contribution >= 4 is 23.1 Å². The van der Waals surface area contributed by atoms with Gasteiger partial charge < -0.3 is 5.32 Å². The Morgan fingerprint density at radius 2 is 2.32 bits per heavy atom. The van der Waals surface area contributed by atoms with Crippen molar-refractivity contribution in [2.75, 3.05) is 11.9 Å². The fourth-order valence-corrected chi connectivity index (χ4v) is 1.56. The average Bonchev–Trinajstić information content (AvgIpc) is 2.87. The third kappa shape index (κ3) is 3.58. The van der Waals surface area contributed by atoms with Crippen molar-refractivity contribution in [1.82, 2.24) is 25.1 Å². The zero-order valence-corrected chi connectivity index (χ0v) is 10.5. The Morgan fingerprint density at radius 1 is 1.47 bits per heavy atom. The minimum Gasteiger partial charge on any atom is -0.364 e. The normalized spacial score (nSPS) is 10.4. The number of anilines is 1. The summed E-state index contributed by atoms with van der Waals surface area (Å²) in [5.41, 5.74) is -0.205. The van der Waals surface area contributed by atoms with Gasteiger partial charge in [0.1, 0.15) is 18.3 Å². The molecule has 0 unspecified atom stereocenters. The fourth-order valence-electron chi connectivity index (χ4n) is 1.43. The van der Waals surface area contributed by atoms with Crippen molar-refractivity contribution in [3.8, 4) is 0 Å². The monoisotopic (exact) mass is 283 g/mol. The van der Waals surface area contributed by atoms with E-state index in [0.717, 1.165) is 12.0 Å². The number of nitro groups is 1. The number of nitrogens with zero attached hydrogens (tertiary/aromatic N) is 5. The number of hydrogen-bond acceptors (Lipinski definition) is 7. The minimum absolute atomic E-state index is 0.0386. The highest BCUT2D eigenvalue weighted by molar-refractivity contribution is 6.28. The third-order valence-electron chi connectivity index (χ3n) is 2.28. The van der Waals surface area contributed by atoms with E-state index in [9.17, 15) is 10.1 Å². The van der Waals surface area contributed by atoms with Gasteiger partial charge in [0.25, 0.3) is 0 Å². The molecule has 0 bridgehead atoms. The quantitative estimate of drug-likeness (QED) is 0.353. The van der Waals surface area contributed by atoms with Crippen LogP contribution in [-0.2, 0) is 6.42 Å². The molecule has 100 valence electrons. The summed E-state index contributed by atoms with van der Waals surface area (Å²) in [4.78, 5) is 21.6. The molecule has 0 spiro atoms. The Labute approximate surface area is 112 Å². The minimum atomic E-state index is -0.560. The molecule has 0 aromatic carbocycles. The van der Waals surface area contributed by atoms with Crippen LogP contribution < -0.4 is 5.32 Å². The lowest BCUT2D eigenvalue weighted by Crippen LogP contribution is -2.08. The summed E-state index contributed by atoms with van der Waals surface area (Å²) < 4.78 is 0. The maximum Gasteiger partial charge on any atom is 0.329 e. The van der Waals surface area contributed by atoms with E-state index in [0.29, 0.717) is 19.4 Å². The second kappa shape index (κ2) is 6.05. The molecule has 0 aliphatic rings. The van der Waals surface area contributed by atoms with Crippen LogP contribution in [0.15, 0.2) is 12.5 Å². The molecule has 2 aromatic heterocycles. The molecule has 0 amide bonds. The van der Waals surface area contributed by atoms with Gasteiger partial charge in [0.15, 0.2) is 0 Å². The molecule has 0 aliphatic heterocycles. The molecule has 0 fully saturated rings. The highest BCUT2D eigenvalue weighted by Gasteiger charge is 2.16. The van der Waals surface area contributed by atoms with Gasteiger partial charge in [-0.3, -0.25) is 15.2 Å². The first kappa shape index (κ1) is 13.1. The van der Waals surface area contributed by atoms with Crippen LogP contribution in [0.1, 0.15) is 12.2 Å². The summed E-state index contributed by atoms with van der Waals surface area (Å²) in [6.07, 6.45) is 3.90. The Balaban J connectivity index is 1.91. The Hall–Kier alpha value is -2.29. The Bertz CT molecular complexity index is 560. The second-order valence-corrected chi connectivity index (χ2v) is 3.93. The Morgan fingerprint density at radius 3 is 3.00 bits per heavy atom. The lowest BCUT2D eigenvalue weighted by Gasteiger charge is -2.05. The molecule has 19 heavy (non-hydrogen) atoms. The van der Waals surface area contributed by atoms with Crippen LogP contribution in [0, 0.1) is 10.1 Å². The van der Waals surface area contributed by atoms with Crippen molar-refractivity contribution in [2.45, 2.75) is 12.8 Å². The summed E-state index contributed by atoms with van der Waals surface area (Å²) in [5, 5.41) is 20.0. The second-order valence-electron chi connectivity index (χ2n) is 3.59. The van der Waals surface area contributed by atoms with Gasteiger partial charge in [-0.25, -0.2) is 9.97 Å². The van der Waals surface area contributed by atoms with Crippen LogP contribution in [0.5, 0.6) is 0 Å². The fraction of sp³-hybridized carbons (Fsp3) is 0.333. The molecule has 2 heterocycles. The van der Waals surface area contributed by atoms with E-state index in [2.05, 4.69) is 30.5 Å². The first-order valence-electron chi connectivity index (χ1n) is 5.42. The molecular weight excluding hydrogens is 274 g/mol. The first-order chi connectivity index (χ1) is 9.16. The number of rotatable bonds is 6. The van der Waals surface area contributed by atoms with E-state index in [1.807, 2.05) is 0 Å². The Kier molecular flexibility index (Phi) is 4.18. The zero-order valence-electron chi connectivity index (χ0n) is 9.71. The molecule has 0 radical (unpaired) electrons. The van der Waals surface area contributed by atoms with Crippen molar-refractivity contribution in [3.05, 3.63) is 33.7 Å². The number of hydrogen-bond donors (Lipinski definition) is 2. The van der Waals surface area contributed by atoms with Crippen LogP contribution in [0.25, 0.3) is 0 Å². The summed E-state index contributed by atoms with van der Waals surface area (Å²) in [6, 6.07) is 0. The highest BCUT2D eigenvalue weighted by Crippen LogP contribution is 2.21. The van der Waals surface area contributed by atoms with Gasteiger partial charge in [0.05, 0.1) is 4.92 Å². The number of halogens is 1. The molecule has 2 rings (SSSR count). The summed E-state index contributed by atoms with van der Waals surface area (Å²) in [6.45, 7) is 0.495. The van der Waals surface area contributed by atoms with Gasteiger partial charge >= 0.3 is 5.69 Å². The molecule has 0 atom stereocenters. The lowest BCUT2D eigenvalue weighted by atomic mass is 10.3. The largest absolute Gasteiger partial charge is 0.364 e. The molecular formula is C9H10ClN7O2. The van der Waals surface area contributed by atoms with Gasteiger partial charge in [0.2, 0.25) is 11.1 Å². The predicted molar refractivity (Wildman–Crippen MR) is 66.9 cm³/mol. The first-order valence-corrected chi connectivity index (χ1v) is 5.79. The third-order valence-corrected chi connectivity index (χ3v) is 2.47. The maximum atomic E-state index is 10.8. The average molecular weight is 284 g/mol. The van der Waals surface area contributed by atoms with E-state index in [1.165, 1.54) is 6.33 Å². The van der Waals surface area contributed by atoms with Crippen molar-refractivity contribution in [1.29, 1.82) is 0 Å². The standard InChI is InChI=1S/C9H10ClN7O2/c10-9-12-4-6(17(18)19)8(15-9)11-3-1-2-7-13-5-14-16-7/h4-5H,1-3H2,(H,11,12,15)(H,13,14,16). The van der Waals surface area contributed by atoms with Crippen LogP contribution in [-0.4, -0.2) is 36.6 Å². The van der Waals surface area contributed by atoms with E-state index < -0.39 is 4.92 Å². The van der Waals surface area contributed by atoms with E-state index in [-0.39, 0.29) is 16.8 Å². The topological polar surface area (TPSA) is 123 Å². The maximum absolute atomic E-state index is 10.8. The predicted octanol–water partition coefficient (Wildman–Crippen LogP) is 1.20. The van der Waals surface area contributed by atoms with Gasteiger partial charge in [-0.05, 0) is 18.0 Å². The number of aromatic amines is 1. The lowest BCUT2D eigenvalue weighted by molar-refractivity contribution is -0.384. The van der Waals surface area contributed by atoms with Gasteiger partial charge in [-0.2, -0.15) is 10.1 Å². The van der Waals surface area contributed by atoms with Crippen LogP contribution in [0.2, 0.25) is 5.28 Å². The SMILES string of the molecule is O=[N+]([O-])c1cnc(Cl)nc1NCCCc1ncn[nH]1. The molecule has 2 N–H and O–H groups in total. The summed E-state index contributed by atoms with van der Waals surface area (Å²) in [5.74, 6) is 0.875. The number of nitrogens with one attached hydrogen (secondary N) is 2. The van der Waals surface area contributed by atoms with Crippen LogP contribution in [0.3, 0.4) is 0 Å². The van der Waals surface area contributed by atoms with E-state index in [4.69, 9.17) is 11.6 Å². The zero-order chi connectivity index (χ0) is 13.7. The molecule has 10 heteroatoms. The molecule has 9 nitrogen and oxygen atoms in total. The van der Waals surface area contributed by atoms with E-state index >= 15 is 0 Å². The number of aryl methyl sites for hydroxylation is 1. The smallest absolute Gasteiger partial charge is 0.329 e. The van der Waals surface area contributed by atoms with E-state index in [1.54, 1.807) is 0 Å². The molecule has 2 aromatic rings. The van der Waals surface area contributed by atoms with Crippen molar-refractivity contribution < 1.29 is 4.92 Å². The van der Waals surface area contributed by atoms with Crippen molar-refractivity contribution in [2.24, 2.45) is 0 Å². The van der Waals surface area contributed by atoms with Crippen LogP contribution >= 0.6 is 11.6 Å². The molecule has 0 saturated carbocycles. The highest BCUT2D eigenvalue weighted by atomic mass is 35.5. The summed E-state index contributed by atoms with van der Waals surface area (Å²) >= 11 is 5.61. The molecule has 0 aliphatic carbocycles. The van der Waals surface area contributed by atoms with Gasteiger partial charge in [-0.15, -0.1) is 0 Å². The summed E-state index contributed by atoms with van der Waals surface area (Å²) in [7, 11) is 0.